The Hall–Kier alpha value is -2.19. The molecule has 0 fully saturated rings. The first kappa shape index (κ1) is 19.1. The molecule has 0 atom stereocenters. The lowest BCUT2D eigenvalue weighted by Gasteiger charge is -2.09. The lowest BCUT2D eigenvalue weighted by atomic mass is 10.2. The van der Waals surface area contributed by atoms with E-state index in [0.717, 1.165) is 17.0 Å². The van der Waals surface area contributed by atoms with Crippen molar-refractivity contribution in [2.45, 2.75) is 22.4 Å². The Bertz CT molecular complexity index is 689. The molecule has 0 saturated carbocycles. The van der Waals surface area contributed by atoms with Gasteiger partial charge in [-0.1, -0.05) is 11.8 Å². The molecule has 0 aliphatic rings. The Kier molecular flexibility index (Phi) is 6.72. The molecular weight excluding hydrogens is 353 g/mol. The molecule has 2 rings (SSSR count). The Labute approximate surface area is 147 Å². The van der Waals surface area contributed by atoms with Crippen molar-refractivity contribution in [1.82, 2.24) is 5.32 Å². The first-order chi connectivity index (χ1) is 11.9. The van der Waals surface area contributed by atoms with E-state index in [0.29, 0.717) is 23.5 Å². The average Bonchev–Trinajstić information content (AvgIpc) is 2.57. The summed E-state index contributed by atoms with van der Waals surface area (Å²) in [7, 11) is 0. The summed E-state index contributed by atoms with van der Waals surface area (Å²) in [5.41, 5.74) is -0.0816. The van der Waals surface area contributed by atoms with Crippen LogP contribution in [0.4, 0.5) is 23.7 Å². The summed E-state index contributed by atoms with van der Waals surface area (Å²) in [6.07, 6.45) is -3.86. The summed E-state index contributed by atoms with van der Waals surface area (Å²) in [5.74, 6) is 0. The maximum Gasteiger partial charge on any atom is 0.416 e. The minimum absolute atomic E-state index is 0.0101. The molecule has 3 N–H and O–H groups in total. The molecular formula is C17H17F3N2O2S. The summed E-state index contributed by atoms with van der Waals surface area (Å²) < 4.78 is 37.6. The number of rotatable bonds is 6. The highest BCUT2D eigenvalue weighted by Gasteiger charge is 2.29. The molecule has 134 valence electrons. The lowest BCUT2D eigenvalue weighted by molar-refractivity contribution is -0.137. The third-order valence-electron chi connectivity index (χ3n) is 3.15. The van der Waals surface area contributed by atoms with Crippen molar-refractivity contribution in [2.24, 2.45) is 0 Å². The van der Waals surface area contributed by atoms with Crippen molar-refractivity contribution in [3.63, 3.8) is 0 Å². The number of aliphatic hydroxyl groups is 1. The molecule has 0 bridgehead atoms. The van der Waals surface area contributed by atoms with Gasteiger partial charge < -0.3 is 15.7 Å². The van der Waals surface area contributed by atoms with E-state index in [4.69, 9.17) is 5.11 Å². The van der Waals surface area contributed by atoms with Gasteiger partial charge in [0, 0.05) is 28.6 Å². The van der Waals surface area contributed by atoms with Gasteiger partial charge in [0.25, 0.3) is 0 Å². The first-order valence-corrected chi connectivity index (χ1v) is 8.31. The third kappa shape index (κ3) is 6.32. The molecule has 0 aliphatic carbocycles. The maximum atomic E-state index is 12.5. The fraction of sp³-hybridized carbons (Fsp3) is 0.235. The number of amides is 2. The number of alkyl halides is 3. The van der Waals surface area contributed by atoms with E-state index in [1.54, 1.807) is 24.3 Å². The zero-order valence-electron chi connectivity index (χ0n) is 13.1. The quantitative estimate of drug-likeness (QED) is 0.662. The molecule has 0 radical (unpaired) electrons. The van der Waals surface area contributed by atoms with Crippen LogP contribution in [0.3, 0.4) is 0 Å². The van der Waals surface area contributed by atoms with Gasteiger partial charge in [0.15, 0.2) is 0 Å². The predicted molar refractivity (Wildman–Crippen MR) is 90.7 cm³/mol. The van der Waals surface area contributed by atoms with Crippen LogP contribution < -0.4 is 10.6 Å². The number of hydrogen-bond donors (Lipinski definition) is 3. The lowest BCUT2D eigenvalue weighted by Crippen LogP contribution is -2.29. The number of urea groups is 1. The van der Waals surface area contributed by atoms with Crippen LogP contribution in [0, 0.1) is 0 Å². The molecule has 0 spiro atoms. The Morgan fingerprint density at radius 1 is 1.00 bits per heavy atom. The van der Waals surface area contributed by atoms with Gasteiger partial charge in [-0.2, -0.15) is 13.2 Å². The Morgan fingerprint density at radius 3 is 2.08 bits per heavy atom. The van der Waals surface area contributed by atoms with Gasteiger partial charge in [0.1, 0.15) is 0 Å². The number of carbonyl (C=O) groups excluding carboxylic acids is 1. The van der Waals surface area contributed by atoms with Gasteiger partial charge in [-0.05, 0) is 55.0 Å². The zero-order chi connectivity index (χ0) is 18.3. The van der Waals surface area contributed by atoms with Gasteiger partial charge in [-0.15, -0.1) is 0 Å². The van der Waals surface area contributed by atoms with E-state index >= 15 is 0 Å². The zero-order valence-corrected chi connectivity index (χ0v) is 14.0. The SMILES string of the molecule is O=C(NCCCO)Nc1ccc(Sc2ccc(C(F)(F)F)cc2)cc1. The van der Waals surface area contributed by atoms with Crippen molar-refractivity contribution in [1.29, 1.82) is 0 Å². The normalized spacial score (nSPS) is 11.2. The number of halogens is 3. The van der Waals surface area contributed by atoms with Crippen LogP contribution in [0.2, 0.25) is 0 Å². The minimum atomic E-state index is -4.34. The highest BCUT2D eigenvalue weighted by Crippen LogP contribution is 2.33. The molecule has 2 aromatic carbocycles. The smallest absolute Gasteiger partial charge is 0.396 e. The van der Waals surface area contributed by atoms with Crippen LogP contribution in [0.5, 0.6) is 0 Å². The second-order valence-electron chi connectivity index (χ2n) is 5.11. The first-order valence-electron chi connectivity index (χ1n) is 7.49. The van der Waals surface area contributed by atoms with E-state index in [1.165, 1.54) is 23.9 Å². The second kappa shape index (κ2) is 8.77. The van der Waals surface area contributed by atoms with Gasteiger partial charge >= 0.3 is 12.2 Å². The van der Waals surface area contributed by atoms with E-state index < -0.39 is 11.7 Å². The number of hydrogen-bond acceptors (Lipinski definition) is 3. The average molecular weight is 370 g/mol. The van der Waals surface area contributed by atoms with Crippen molar-refractivity contribution >= 4 is 23.5 Å². The highest BCUT2D eigenvalue weighted by molar-refractivity contribution is 7.99. The van der Waals surface area contributed by atoms with E-state index in [1.807, 2.05) is 0 Å². The molecule has 2 amide bonds. The number of nitrogens with one attached hydrogen (secondary N) is 2. The van der Waals surface area contributed by atoms with Crippen LogP contribution in [0.1, 0.15) is 12.0 Å². The summed E-state index contributed by atoms with van der Waals surface area (Å²) in [6, 6.07) is 11.5. The monoisotopic (exact) mass is 370 g/mol. The van der Waals surface area contributed by atoms with Crippen molar-refractivity contribution in [3.05, 3.63) is 54.1 Å². The number of benzene rings is 2. The molecule has 8 heteroatoms. The molecule has 0 heterocycles. The molecule has 0 unspecified atom stereocenters. The largest absolute Gasteiger partial charge is 0.416 e. The summed E-state index contributed by atoms with van der Waals surface area (Å²) in [5, 5.41) is 13.9. The van der Waals surface area contributed by atoms with Gasteiger partial charge in [-0.3, -0.25) is 0 Å². The van der Waals surface area contributed by atoms with E-state index in [9.17, 15) is 18.0 Å². The van der Waals surface area contributed by atoms with Gasteiger partial charge in [-0.25, -0.2) is 4.79 Å². The van der Waals surface area contributed by atoms with Crippen LogP contribution in [0.15, 0.2) is 58.3 Å². The van der Waals surface area contributed by atoms with Gasteiger partial charge in [0.05, 0.1) is 5.56 Å². The maximum absolute atomic E-state index is 12.5. The third-order valence-corrected chi connectivity index (χ3v) is 4.17. The Balaban J connectivity index is 1.90. The highest BCUT2D eigenvalue weighted by atomic mass is 32.2. The fourth-order valence-corrected chi connectivity index (χ4v) is 2.73. The summed E-state index contributed by atoms with van der Waals surface area (Å²) in [6.45, 7) is 0.389. The molecule has 25 heavy (non-hydrogen) atoms. The van der Waals surface area contributed by atoms with Crippen molar-refractivity contribution < 1.29 is 23.1 Å². The summed E-state index contributed by atoms with van der Waals surface area (Å²) >= 11 is 1.33. The molecule has 0 aromatic heterocycles. The van der Waals surface area contributed by atoms with E-state index in [2.05, 4.69) is 10.6 Å². The number of aliphatic hydroxyl groups excluding tert-OH is 1. The van der Waals surface area contributed by atoms with Crippen LogP contribution in [-0.2, 0) is 6.18 Å². The fourth-order valence-electron chi connectivity index (χ4n) is 1.91. The van der Waals surface area contributed by atoms with E-state index in [-0.39, 0.29) is 12.6 Å². The summed E-state index contributed by atoms with van der Waals surface area (Å²) in [4.78, 5) is 13.1. The molecule has 0 saturated heterocycles. The topological polar surface area (TPSA) is 61.4 Å². The van der Waals surface area contributed by atoms with Crippen LogP contribution in [0.25, 0.3) is 0 Å². The number of anilines is 1. The standard InChI is InChI=1S/C17H17F3N2O2S/c18-17(19,20)12-2-6-14(7-3-12)25-15-8-4-13(5-9-15)22-16(24)21-10-1-11-23/h2-9,23H,1,10-11H2,(H2,21,22,24). The predicted octanol–water partition coefficient (Wildman–Crippen LogP) is 4.36. The van der Waals surface area contributed by atoms with Crippen molar-refractivity contribution in [3.8, 4) is 0 Å². The number of carbonyl (C=O) groups is 1. The van der Waals surface area contributed by atoms with Crippen molar-refractivity contribution in [2.75, 3.05) is 18.5 Å². The Morgan fingerprint density at radius 2 is 1.56 bits per heavy atom. The minimum Gasteiger partial charge on any atom is -0.396 e. The second-order valence-corrected chi connectivity index (χ2v) is 6.25. The molecule has 2 aromatic rings. The molecule has 4 nitrogen and oxygen atoms in total. The van der Waals surface area contributed by atoms with Crippen LogP contribution >= 0.6 is 11.8 Å². The van der Waals surface area contributed by atoms with Crippen LogP contribution in [-0.4, -0.2) is 24.3 Å². The molecule has 0 aliphatic heterocycles. The van der Waals surface area contributed by atoms with Gasteiger partial charge in [0.2, 0.25) is 0 Å².